The van der Waals surface area contributed by atoms with Crippen molar-refractivity contribution in [3.63, 3.8) is 0 Å². The molecule has 1 atom stereocenters. The van der Waals surface area contributed by atoms with Gasteiger partial charge in [-0.25, -0.2) is 0 Å². The minimum absolute atomic E-state index is 0.425. The molecule has 0 spiro atoms. The van der Waals surface area contributed by atoms with Crippen molar-refractivity contribution in [3.05, 3.63) is 29.3 Å². The van der Waals surface area contributed by atoms with Gasteiger partial charge in [0.1, 0.15) is 11.8 Å². The van der Waals surface area contributed by atoms with E-state index in [1.807, 2.05) is 31.0 Å². The maximum Gasteiger partial charge on any atom is 0.320 e. The van der Waals surface area contributed by atoms with Crippen molar-refractivity contribution in [1.29, 1.82) is 0 Å². The zero-order valence-electron chi connectivity index (χ0n) is 11.3. The van der Waals surface area contributed by atoms with Crippen LogP contribution in [0, 0.1) is 0 Å². The molecule has 1 N–H and O–H groups in total. The first-order valence-corrected chi connectivity index (χ1v) is 6.73. The Morgan fingerprint density at radius 2 is 2.26 bits per heavy atom. The van der Waals surface area contributed by atoms with Crippen LogP contribution in [-0.4, -0.2) is 42.2 Å². The minimum Gasteiger partial charge on any atom is -0.493 e. The number of carbonyl (C=O) groups is 1. The molecule has 0 aliphatic heterocycles. The van der Waals surface area contributed by atoms with Crippen LogP contribution >= 0.6 is 11.6 Å². The number of benzene rings is 1. The van der Waals surface area contributed by atoms with E-state index in [1.165, 1.54) is 0 Å². The molecule has 0 aliphatic rings. The lowest BCUT2D eigenvalue weighted by atomic mass is 10.2. The maximum atomic E-state index is 11.0. The molecule has 1 rings (SSSR count). The SMILES string of the molecule is CCC(C(=O)O)N(C)CCCOc1cccc(Cl)c1. The van der Waals surface area contributed by atoms with Gasteiger partial charge in [-0.2, -0.15) is 0 Å². The molecule has 1 aromatic rings. The summed E-state index contributed by atoms with van der Waals surface area (Å²) in [5.41, 5.74) is 0. The van der Waals surface area contributed by atoms with Crippen LogP contribution in [0.3, 0.4) is 0 Å². The first kappa shape index (κ1) is 15.8. The Morgan fingerprint density at radius 1 is 1.53 bits per heavy atom. The molecule has 0 saturated heterocycles. The van der Waals surface area contributed by atoms with Crippen LogP contribution in [-0.2, 0) is 4.79 Å². The molecule has 0 fully saturated rings. The van der Waals surface area contributed by atoms with Crippen molar-refractivity contribution in [2.75, 3.05) is 20.2 Å². The first-order valence-electron chi connectivity index (χ1n) is 6.36. The molecular weight excluding hydrogens is 266 g/mol. The summed E-state index contributed by atoms with van der Waals surface area (Å²) in [5.74, 6) is -0.0406. The molecule has 1 unspecified atom stereocenters. The monoisotopic (exact) mass is 285 g/mol. The molecular formula is C14H20ClNO3. The molecule has 5 heteroatoms. The third kappa shape index (κ3) is 5.49. The van der Waals surface area contributed by atoms with Gasteiger partial charge in [-0.15, -0.1) is 0 Å². The Morgan fingerprint density at radius 3 is 2.84 bits per heavy atom. The second kappa shape index (κ2) is 8.02. The predicted octanol–water partition coefficient (Wildman–Crippen LogP) is 2.90. The van der Waals surface area contributed by atoms with E-state index < -0.39 is 12.0 Å². The molecule has 0 heterocycles. The Hall–Kier alpha value is -1.26. The van der Waals surface area contributed by atoms with Crippen LogP contribution < -0.4 is 4.74 Å². The Labute approximate surface area is 118 Å². The number of nitrogens with zero attached hydrogens (tertiary/aromatic N) is 1. The third-order valence-electron chi connectivity index (χ3n) is 2.92. The predicted molar refractivity (Wildman–Crippen MR) is 75.9 cm³/mol. The van der Waals surface area contributed by atoms with Gasteiger partial charge < -0.3 is 9.84 Å². The summed E-state index contributed by atoms with van der Waals surface area (Å²) in [7, 11) is 1.82. The lowest BCUT2D eigenvalue weighted by molar-refractivity contribution is -0.142. The second-order valence-corrected chi connectivity index (χ2v) is 4.84. The van der Waals surface area contributed by atoms with Crippen molar-refractivity contribution in [3.8, 4) is 5.75 Å². The lowest BCUT2D eigenvalue weighted by Crippen LogP contribution is -2.38. The normalized spacial score (nSPS) is 12.4. The highest BCUT2D eigenvalue weighted by molar-refractivity contribution is 6.30. The Balaban J connectivity index is 2.29. The molecule has 0 radical (unpaired) electrons. The minimum atomic E-state index is -0.777. The topological polar surface area (TPSA) is 49.8 Å². The van der Waals surface area contributed by atoms with E-state index in [4.69, 9.17) is 21.4 Å². The van der Waals surface area contributed by atoms with E-state index in [1.54, 1.807) is 12.1 Å². The van der Waals surface area contributed by atoms with Gasteiger partial charge in [0, 0.05) is 11.6 Å². The van der Waals surface area contributed by atoms with E-state index in [-0.39, 0.29) is 0 Å². The van der Waals surface area contributed by atoms with Gasteiger partial charge >= 0.3 is 5.97 Å². The number of likely N-dealkylation sites (N-methyl/N-ethyl adjacent to an activating group) is 1. The molecule has 0 saturated carbocycles. The quantitative estimate of drug-likeness (QED) is 0.746. The van der Waals surface area contributed by atoms with E-state index in [2.05, 4.69) is 0 Å². The number of aliphatic carboxylic acids is 1. The van der Waals surface area contributed by atoms with Gasteiger partial charge in [-0.1, -0.05) is 24.6 Å². The number of halogens is 1. The van der Waals surface area contributed by atoms with Crippen LogP contribution in [0.1, 0.15) is 19.8 Å². The van der Waals surface area contributed by atoms with Crippen LogP contribution in [0.2, 0.25) is 5.02 Å². The zero-order chi connectivity index (χ0) is 14.3. The molecule has 4 nitrogen and oxygen atoms in total. The largest absolute Gasteiger partial charge is 0.493 e. The van der Waals surface area contributed by atoms with E-state index in [9.17, 15) is 4.79 Å². The highest BCUT2D eigenvalue weighted by atomic mass is 35.5. The molecule has 19 heavy (non-hydrogen) atoms. The number of rotatable bonds is 8. The van der Waals surface area contributed by atoms with E-state index >= 15 is 0 Å². The lowest BCUT2D eigenvalue weighted by Gasteiger charge is -2.23. The van der Waals surface area contributed by atoms with E-state index in [0.29, 0.717) is 24.6 Å². The number of ether oxygens (including phenoxy) is 1. The maximum absolute atomic E-state index is 11.0. The summed E-state index contributed by atoms with van der Waals surface area (Å²) < 4.78 is 5.55. The van der Waals surface area contributed by atoms with Crippen molar-refractivity contribution in [2.24, 2.45) is 0 Å². The highest BCUT2D eigenvalue weighted by Gasteiger charge is 2.19. The number of carboxylic acid groups (broad SMARTS) is 1. The summed E-state index contributed by atoms with van der Waals surface area (Å²) in [6.45, 7) is 3.10. The van der Waals surface area contributed by atoms with Gasteiger partial charge in [0.2, 0.25) is 0 Å². The zero-order valence-corrected chi connectivity index (χ0v) is 12.1. The molecule has 0 bridgehead atoms. The van der Waals surface area contributed by atoms with Gasteiger partial charge in [-0.05, 0) is 38.1 Å². The van der Waals surface area contributed by atoms with Crippen LogP contribution in [0.15, 0.2) is 24.3 Å². The molecule has 0 aromatic heterocycles. The fourth-order valence-corrected chi connectivity index (χ4v) is 2.07. The fraction of sp³-hybridized carbons (Fsp3) is 0.500. The standard InChI is InChI=1S/C14H20ClNO3/c1-3-13(14(17)18)16(2)8-5-9-19-12-7-4-6-11(15)10-12/h4,6-7,10,13H,3,5,8-9H2,1-2H3,(H,17,18). The molecule has 106 valence electrons. The van der Waals surface area contributed by atoms with Crippen LogP contribution in [0.5, 0.6) is 5.75 Å². The number of hydrogen-bond acceptors (Lipinski definition) is 3. The molecule has 1 aromatic carbocycles. The van der Waals surface area contributed by atoms with Crippen molar-refractivity contribution < 1.29 is 14.6 Å². The molecule has 0 aliphatic carbocycles. The van der Waals surface area contributed by atoms with Crippen molar-refractivity contribution in [2.45, 2.75) is 25.8 Å². The summed E-state index contributed by atoms with van der Waals surface area (Å²) >= 11 is 5.85. The second-order valence-electron chi connectivity index (χ2n) is 4.40. The Kier molecular flexibility index (Phi) is 6.67. The van der Waals surface area contributed by atoms with Gasteiger partial charge in [0.25, 0.3) is 0 Å². The third-order valence-corrected chi connectivity index (χ3v) is 3.16. The summed E-state index contributed by atoms with van der Waals surface area (Å²) in [4.78, 5) is 12.8. The van der Waals surface area contributed by atoms with Gasteiger partial charge in [-0.3, -0.25) is 9.69 Å². The summed E-state index contributed by atoms with van der Waals surface area (Å²) in [5, 5.41) is 9.67. The average Bonchev–Trinajstić information content (AvgIpc) is 2.35. The van der Waals surface area contributed by atoms with Gasteiger partial charge in [0.05, 0.1) is 6.61 Å². The highest BCUT2D eigenvalue weighted by Crippen LogP contribution is 2.17. The number of carboxylic acids is 1. The van der Waals surface area contributed by atoms with E-state index in [0.717, 1.165) is 12.2 Å². The number of hydrogen-bond donors (Lipinski definition) is 1. The summed E-state index contributed by atoms with van der Waals surface area (Å²) in [6, 6.07) is 6.81. The fourth-order valence-electron chi connectivity index (χ4n) is 1.89. The van der Waals surface area contributed by atoms with Crippen molar-refractivity contribution >= 4 is 17.6 Å². The van der Waals surface area contributed by atoms with Gasteiger partial charge in [0.15, 0.2) is 0 Å². The first-order chi connectivity index (χ1) is 9.04. The van der Waals surface area contributed by atoms with Crippen molar-refractivity contribution in [1.82, 2.24) is 4.90 Å². The smallest absolute Gasteiger partial charge is 0.320 e. The van der Waals surface area contributed by atoms with Crippen LogP contribution in [0.4, 0.5) is 0 Å². The average molecular weight is 286 g/mol. The summed E-state index contributed by atoms with van der Waals surface area (Å²) in [6.07, 6.45) is 1.37. The molecule has 0 amide bonds. The Bertz CT molecular complexity index is 411. The van der Waals surface area contributed by atoms with Crippen LogP contribution in [0.25, 0.3) is 0 Å².